The van der Waals surface area contributed by atoms with E-state index >= 15 is 0 Å². The number of carbonyl (C=O) groups excluding carboxylic acids is 1. The highest BCUT2D eigenvalue weighted by atomic mass is 32.1. The van der Waals surface area contributed by atoms with Crippen molar-refractivity contribution in [3.63, 3.8) is 0 Å². The molecule has 2 rings (SSSR count). The molecule has 2 heterocycles. The fraction of sp³-hybridized carbons (Fsp3) is 0.533. The summed E-state index contributed by atoms with van der Waals surface area (Å²) in [5, 5.41) is 0. The van der Waals surface area contributed by atoms with Crippen LogP contribution >= 0.6 is 12.2 Å². The number of Topliss-reactive ketones (excluding diaryl/α,β-unsaturated/α-hetero) is 1. The second-order valence-corrected chi connectivity index (χ2v) is 5.94. The molecule has 0 atom stereocenters. The molecule has 0 radical (unpaired) electrons. The number of hydrogen-bond donors (Lipinski definition) is 1. The third-order valence-electron chi connectivity index (χ3n) is 4.00. The Bertz CT molecular complexity index is 615. The third-order valence-corrected chi connectivity index (χ3v) is 4.31. The molecule has 6 heteroatoms. The van der Waals surface area contributed by atoms with Crippen LogP contribution in [0.2, 0.25) is 0 Å². The first-order valence-corrected chi connectivity index (χ1v) is 7.66. The van der Waals surface area contributed by atoms with Crippen LogP contribution in [0.3, 0.4) is 0 Å². The van der Waals surface area contributed by atoms with E-state index in [1.54, 1.807) is 13.0 Å². The van der Waals surface area contributed by atoms with Crippen LogP contribution in [0.5, 0.6) is 0 Å². The van der Waals surface area contributed by atoms with Gasteiger partial charge in [0.25, 0.3) is 0 Å². The molecule has 0 bridgehead atoms. The molecule has 0 spiro atoms. The maximum atomic E-state index is 12.1. The van der Waals surface area contributed by atoms with Crippen LogP contribution in [-0.2, 0) is 6.54 Å². The number of carbonyl (C=O) groups is 1. The third kappa shape index (κ3) is 3.22. The molecule has 0 unspecified atom stereocenters. The number of ketones is 1. The maximum absolute atomic E-state index is 12.1. The van der Waals surface area contributed by atoms with Gasteiger partial charge in [-0.05, 0) is 26.1 Å². The Labute approximate surface area is 130 Å². The molecule has 5 nitrogen and oxygen atoms in total. The smallest absolute Gasteiger partial charge is 0.201 e. The minimum atomic E-state index is 0.0362. The molecule has 0 aromatic carbocycles. The van der Waals surface area contributed by atoms with Gasteiger partial charge < -0.3 is 14.4 Å². The van der Waals surface area contributed by atoms with E-state index in [9.17, 15) is 4.79 Å². The lowest BCUT2D eigenvalue weighted by Crippen LogP contribution is -3.12. The molecule has 0 saturated carbocycles. The molecule has 1 N–H and O–H groups in total. The molecule has 1 aliphatic rings. The summed E-state index contributed by atoms with van der Waals surface area (Å²) in [6.45, 7) is 11.7. The number of nitrogens with zero attached hydrogens (tertiary/aromatic N) is 3. The molecular formula is C15H23N4OS+. The van der Waals surface area contributed by atoms with Crippen molar-refractivity contribution >= 4 is 23.8 Å². The maximum Gasteiger partial charge on any atom is 0.201 e. The van der Waals surface area contributed by atoms with E-state index in [1.807, 2.05) is 11.5 Å². The summed E-state index contributed by atoms with van der Waals surface area (Å²) in [6, 6.07) is 0. The predicted octanol–water partition coefficient (Wildman–Crippen LogP) is 0.644. The molecule has 114 valence electrons. The van der Waals surface area contributed by atoms with Crippen LogP contribution in [0.4, 0.5) is 5.82 Å². The van der Waals surface area contributed by atoms with Crippen molar-refractivity contribution in [1.29, 1.82) is 0 Å². The van der Waals surface area contributed by atoms with E-state index in [0.717, 1.165) is 37.7 Å². The highest BCUT2D eigenvalue weighted by Crippen LogP contribution is 2.22. The van der Waals surface area contributed by atoms with Crippen molar-refractivity contribution < 1.29 is 9.69 Å². The second kappa shape index (κ2) is 6.49. The first-order valence-electron chi connectivity index (χ1n) is 7.25. The van der Waals surface area contributed by atoms with E-state index in [4.69, 9.17) is 12.2 Å². The SMILES string of the molecule is C=CCn1c(C)c(C(C)=O)c(N2CC[NH+](C)CC2)nc1=S. The van der Waals surface area contributed by atoms with Crippen molar-refractivity contribution in [2.24, 2.45) is 0 Å². The van der Waals surface area contributed by atoms with E-state index in [2.05, 4.69) is 23.5 Å². The summed E-state index contributed by atoms with van der Waals surface area (Å²) < 4.78 is 2.38. The summed E-state index contributed by atoms with van der Waals surface area (Å²) in [5.41, 5.74) is 1.56. The Morgan fingerprint density at radius 3 is 2.62 bits per heavy atom. The van der Waals surface area contributed by atoms with Crippen LogP contribution in [0.1, 0.15) is 23.0 Å². The number of rotatable bonds is 4. The first-order chi connectivity index (χ1) is 9.95. The van der Waals surface area contributed by atoms with Gasteiger partial charge in [0, 0.05) is 12.2 Å². The lowest BCUT2D eigenvalue weighted by atomic mass is 10.1. The number of hydrogen-bond acceptors (Lipinski definition) is 4. The molecule has 1 aromatic heterocycles. The topological polar surface area (TPSA) is 42.6 Å². The summed E-state index contributed by atoms with van der Waals surface area (Å²) in [4.78, 5) is 20.4. The molecule has 21 heavy (non-hydrogen) atoms. The van der Waals surface area contributed by atoms with Crippen molar-refractivity contribution in [1.82, 2.24) is 9.55 Å². The Morgan fingerprint density at radius 1 is 1.48 bits per heavy atom. The standard InChI is InChI=1S/C15H22N4OS/c1-5-6-19-11(2)13(12(3)20)14(16-15(19)21)18-9-7-17(4)8-10-18/h5H,1,6-10H2,2-4H3/p+1. The first kappa shape index (κ1) is 15.9. The molecule has 0 amide bonds. The average Bonchev–Trinajstić information content (AvgIpc) is 2.43. The zero-order chi connectivity index (χ0) is 15.6. The fourth-order valence-corrected chi connectivity index (χ4v) is 3.03. The quantitative estimate of drug-likeness (QED) is 0.504. The van der Waals surface area contributed by atoms with E-state index in [1.165, 1.54) is 4.90 Å². The monoisotopic (exact) mass is 307 g/mol. The number of likely N-dealkylation sites (N-methyl/N-ethyl adjacent to an activating group) is 1. The van der Waals surface area contributed by atoms with Crippen LogP contribution in [0.25, 0.3) is 0 Å². The fourth-order valence-electron chi connectivity index (χ4n) is 2.73. The van der Waals surface area contributed by atoms with Gasteiger partial charge in [0.1, 0.15) is 5.82 Å². The molecule has 1 saturated heterocycles. The Balaban J connectivity index is 2.52. The predicted molar refractivity (Wildman–Crippen MR) is 86.8 cm³/mol. The molecular weight excluding hydrogens is 284 g/mol. The van der Waals surface area contributed by atoms with E-state index < -0.39 is 0 Å². The van der Waals surface area contributed by atoms with Crippen molar-refractivity contribution in [2.75, 3.05) is 38.1 Å². The van der Waals surface area contributed by atoms with Crippen molar-refractivity contribution in [3.8, 4) is 0 Å². The van der Waals surface area contributed by atoms with Crippen LogP contribution < -0.4 is 9.80 Å². The van der Waals surface area contributed by atoms with E-state index in [-0.39, 0.29) is 5.78 Å². The van der Waals surface area contributed by atoms with Crippen LogP contribution in [0.15, 0.2) is 12.7 Å². The largest absolute Gasteiger partial charge is 0.345 e. The van der Waals surface area contributed by atoms with Crippen LogP contribution in [0, 0.1) is 11.7 Å². The Morgan fingerprint density at radius 2 is 2.10 bits per heavy atom. The van der Waals surface area contributed by atoms with Crippen LogP contribution in [-0.4, -0.2) is 48.6 Å². The minimum Gasteiger partial charge on any atom is -0.345 e. The molecule has 1 aliphatic heterocycles. The van der Waals surface area contributed by atoms with Gasteiger partial charge in [0.15, 0.2) is 5.78 Å². The zero-order valence-corrected chi connectivity index (χ0v) is 13.8. The zero-order valence-electron chi connectivity index (χ0n) is 13.0. The van der Waals surface area contributed by atoms with Gasteiger partial charge in [-0.25, -0.2) is 4.98 Å². The molecule has 1 aromatic rings. The van der Waals surface area contributed by atoms with Gasteiger partial charge in [-0.3, -0.25) is 4.79 Å². The van der Waals surface area contributed by atoms with Gasteiger partial charge in [-0.2, -0.15) is 0 Å². The summed E-state index contributed by atoms with van der Waals surface area (Å²) in [7, 11) is 2.18. The lowest BCUT2D eigenvalue weighted by Gasteiger charge is -2.32. The number of piperazine rings is 1. The number of nitrogens with one attached hydrogen (secondary N) is 1. The normalized spacial score (nSPS) is 16.0. The average molecular weight is 307 g/mol. The van der Waals surface area contributed by atoms with Gasteiger partial charge >= 0.3 is 0 Å². The summed E-state index contributed by atoms with van der Waals surface area (Å²) >= 11 is 5.39. The highest BCUT2D eigenvalue weighted by Gasteiger charge is 2.24. The second-order valence-electron chi connectivity index (χ2n) is 5.58. The minimum absolute atomic E-state index is 0.0362. The number of anilines is 1. The number of quaternary nitrogens is 1. The van der Waals surface area contributed by atoms with Gasteiger partial charge in [0.2, 0.25) is 4.77 Å². The van der Waals surface area contributed by atoms with Gasteiger partial charge in [-0.1, -0.05) is 6.08 Å². The highest BCUT2D eigenvalue weighted by molar-refractivity contribution is 7.71. The van der Waals surface area contributed by atoms with Gasteiger partial charge in [-0.15, -0.1) is 6.58 Å². The Hall–Kier alpha value is -1.53. The number of aromatic nitrogens is 2. The Kier molecular flexibility index (Phi) is 4.90. The molecule has 0 aliphatic carbocycles. The van der Waals surface area contributed by atoms with Crippen molar-refractivity contribution in [2.45, 2.75) is 20.4 Å². The molecule has 1 fully saturated rings. The van der Waals surface area contributed by atoms with E-state index in [0.29, 0.717) is 16.9 Å². The van der Waals surface area contributed by atoms with Crippen molar-refractivity contribution in [3.05, 3.63) is 28.7 Å². The lowest BCUT2D eigenvalue weighted by molar-refractivity contribution is -0.880. The summed E-state index contributed by atoms with van der Waals surface area (Å²) in [5.74, 6) is 0.784. The number of allylic oxidation sites excluding steroid dienone is 1. The van der Waals surface area contributed by atoms with Gasteiger partial charge in [0.05, 0.1) is 38.8 Å². The summed E-state index contributed by atoms with van der Waals surface area (Å²) in [6.07, 6.45) is 1.77.